The summed E-state index contributed by atoms with van der Waals surface area (Å²) in [6, 6.07) is 0. The van der Waals surface area contributed by atoms with Crippen molar-refractivity contribution in [2.75, 3.05) is 13.1 Å². The normalized spacial score (nSPS) is 26.3. The van der Waals surface area contributed by atoms with Gasteiger partial charge in [0.1, 0.15) is 0 Å². The predicted octanol–water partition coefficient (Wildman–Crippen LogP) is 0.956. The van der Waals surface area contributed by atoms with Crippen molar-refractivity contribution in [3.05, 3.63) is 24.1 Å². The molecule has 2 aromatic heterocycles. The van der Waals surface area contributed by atoms with Gasteiger partial charge in [0.25, 0.3) is 0 Å². The smallest absolute Gasteiger partial charge is 0.240 e. The van der Waals surface area contributed by atoms with Gasteiger partial charge in [0.05, 0.1) is 24.9 Å². The van der Waals surface area contributed by atoms with Gasteiger partial charge < -0.3 is 9.63 Å². The van der Waals surface area contributed by atoms with Gasteiger partial charge in [-0.3, -0.25) is 4.90 Å². The summed E-state index contributed by atoms with van der Waals surface area (Å²) < 4.78 is 7.08. The molecule has 0 bridgehead atoms. The molecule has 2 fully saturated rings. The molecule has 0 aromatic carbocycles. The van der Waals surface area contributed by atoms with Crippen LogP contribution in [0, 0.1) is 0 Å². The van der Waals surface area contributed by atoms with Crippen LogP contribution in [0.25, 0.3) is 0 Å². The maximum Gasteiger partial charge on any atom is 0.240 e. The fourth-order valence-electron chi connectivity index (χ4n) is 3.70. The number of rotatable bonds is 5. The standard InChI is InChI=1S/C15H22N6O2/c22-15(11-21-8-6-16-19-21)5-7-20(10-15)9-13-17-14(18-23-13)12-3-1-2-4-12/h6,8,12,22H,1-5,7,9-11H2. The van der Waals surface area contributed by atoms with Gasteiger partial charge in [0, 0.05) is 25.2 Å². The summed E-state index contributed by atoms with van der Waals surface area (Å²) in [5.74, 6) is 1.97. The van der Waals surface area contributed by atoms with Crippen molar-refractivity contribution >= 4 is 0 Å². The summed E-state index contributed by atoms with van der Waals surface area (Å²) in [4.78, 5) is 6.71. The molecule has 1 atom stereocenters. The predicted molar refractivity (Wildman–Crippen MR) is 80.4 cm³/mol. The molecule has 0 spiro atoms. The number of hydrogen-bond donors (Lipinski definition) is 1. The molecule has 23 heavy (non-hydrogen) atoms. The minimum Gasteiger partial charge on any atom is -0.387 e. The lowest BCUT2D eigenvalue weighted by Gasteiger charge is -2.22. The zero-order valence-corrected chi connectivity index (χ0v) is 13.1. The Morgan fingerprint density at radius 3 is 3.00 bits per heavy atom. The van der Waals surface area contributed by atoms with Crippen LogP contribution in [0.2, 0.25) is 0 Å². The van der Waals surface area contributed by atoms with E-state index in [1.54, 1.807) is 17.1 Å². The third-order valence-corrected chi connectivity index (χ3v) is 4.90. The van der Waals surface area contributed by atoms with Crippen molar-refractivity contribution in [3.8, 4) is 0 Å². The molecular weight excluding hydrogens is 296 g/mol. The Labute approximate surface area is 134 Å². The molecule has 2 aromatic rings. The molecule has 1 unspecified atom stereocenters. The molecule has 1 N–H and O–H groups in total. The minimum absolute atomic E-state index is 0.459. The van der Waals surface area contributed by atoms with E-state index in [4.69, 9.17) is 4.52 Å². The van der Waals surface area contributed by atoms with Crippen molar-refractivity contribution in [2.45, 2.75) is 56.7 Å². The Morgan fingerprint density at radius 1 is 1.35 bits per heavy atom. The molecule has 4 rings (SSSR count). The summed E-state index contributed by atoms with van der Waals surface area (Å²) >= 11 is 0. The van der Waals surface area contributed by atoms with Crippen LogP contribution in [0.4, 0.5) is 0 Å². The van der Waals surface area contributed by atoms with Crippen molar-refractivity contribution in [3.63, 3.8) is 0 Å². The van der Waals surface area contributed by atoms with Crippen LogP contribution < -0.4 is 0 Å². The summed E-state index contributed by atoms with van der Waals surface area (Å²) in [6.45, 7) is 2.44. The third-order valence-electron chi connectivity index (χ3n) is 4.90. The van der Waals surface area contributed by atoms with E-state index in [1.807, 2.05) is 0 Å². The molecule has 3 heterocycles. The zero-order valence-electron chi connectivity index (χ0n) is 13.1. The van der Waals surface area contributed by atoms with E-state index in [0.29, 0.717) is 37.9 Å². The highest BCUT2D eigenvalue weighted by Gasteiger charge is 2.37. The molecule has 1 aliphatic carbocycles. The van der Waals surface area contributed by atoms with Crippen LogP contribution in [0.5, 0.6) is 0 Å². The Kier molecular flexibility index (Phi) is 3.86. The van der Waals surface area contributed by atoms with Crippen LogP contribution in [-0.4, -0.2) is 53.8 Å². The van der Waals surface area contributed by atoms with E-state index in [2.05, 4.69) is 25.4 Å². The van der Waals surface area contributed by atoms with Crippen LogP contribution in [-0.2, 0) is 13.1 Å². The van der Waals surface area contributed by atoms with Crippen molar-refractivity contribution in [2.24, 2.45) is 0 Å². The Balaban J connectivity index is 1.35. The summed E-state index contributed by atoms with van der Waals surface area (Å²) in [5.41, 5.74) is -0.776. The quantitative estimate of drug-likeness (QED) is 0.877. The number of β-amino-alcohol motifs (C(OH)–C–C–N with tert-alkyl or cyclic N) is 1. The lowest BCUT2D eigenvalue weighted by Crippen LogP contribution is -2.37. The van der Waals surface area contributed by atoms with E-state index in [0.717, 1.165) is 12.4 Å². The van der Waals surface area contributed by atoms with E-state index < -0.39 is 5.60 Å². The lowest BCUT2D eigenvalue weighted by molar-refractivity contribution is 0.0265. The van der Waals surface area contributed by atoms with Crippen LogP contribution in [0.15, 0.2) is 16.9 Å². The number of likely N-dealkylation sites (tertiary alicyclic amines) is 1. The molecule has 8 heteroatoms. The van der Waals surface area contributed by atoms with Gasteiger partial charge in [0.2, 0.25) is 5.89 Å². The monoisotopic (exact) mass is 318 g/mol. The van der Waals surface area contributed by atoms with Gasteiger partial charge in [-0.15, -0.1) is 5.10 Å². The zero-order chi connectivity index (χ0) is 15.7. The van der Waals surface area contributed by atoms with Crippen molar-refractivity contribution in [1.29, 1.82) is 0 Å². The molecular formula is C15H22N6O2. The van der Waals surface area contributed by atoms with Gasteiger partial charge in [-0.1, -0.05) is 23.2 Å². The Hall–Kier alpha value is -1.80. The van der Waals surface area contributed by atoms with E-state index in [9.17, 15) is 5.11 Å². The number of aliphatic hydroxyl groups is 1. The molecule has 0 radical (unpaired) electrons. The number of hydrogen-bond acceptors (Lipinski definition) is 7. The molecule has 1 saturated carbocycles. The highest BCUT2D eigenvalue weighted by Crippen LogP contribution is 2.32. The molecule has 124 valence electrons. The maximum atomic E-state index is 10.7. The fourth-order valence-corrected chi connectivity index (χ4v) is 3.70. The maximum absolute atomic E-state index is 10.7. The first-order chi connectivity index (χ1) is 11.2. The van der Waals surface area contributed by atoms with E-state index in [1.165, 1.54) is 25.7 Å². The van der Waals surface area contributed by atoms with Gasteiger partial charge >= 0.3 is 0 Å². The average Bonchev–Trinajstić information content (AvgIpc) is 3.27. The molecule has 1 saturated heterocycles. The topological polar surface area (TPSA) is 93.1 Å². The van der Waals surface area contributed by atoms with Gasteiger partial charge in [-0.05, 0) is 19.3 Å². The summed E-state index contributed by atoms with van der Waals surface area (Å²) in [6.07, 6.45) is 8.95. The summed E-state index contributed by atoms with van der Waals surface area (Å²) in [5, 5.41) is 22.5. The van der Waals surface area contributed by atoms with Crippen LogP contribution in [0.3, 0.4) is 0 Å². The first kappa shape index (κ1) is 14.8. The van der Waals surface area contributed by atoms with Crippen molar-refractivity contribution < 1.29 is 9.63 Å². The Bertz CT molecular complexity index is 636. The van der Waals surface area contributed by atoms with Crippen LogP contribution in [0.1, 0.15) is 49.7 Å². The number of nitrogens with zero attached hydrogens (tertiary/aromatic N) is 6. The fraction of sp³-hybridized carbons (Fsp3) is 0.733. The second kappa shape index (κ2) is 6.01. The second-order valence-electron chi connectivity index (χ2n) is 6.81. The van der Waals surface area contributed by atoms with Gasteiger partial charge in [-0.2, -0.15) is 4.98 Å². The van der Waals surface area contributed by atoms with E-state index in [-0.39, 0.29) is 0 Å². The molecule has 8 nitrogen and oxygen atoms in total. The van der Waals surface area contributed by atoms with E-state index >= 15 is 0 Å². The lowest BCUT2D eigenvalue weighted by atomic mass is 10.0. The van der Waals surface area contributed by atoms with Gasteiger partial charge in [-0.25, -0.2) is 4.68 Å². The highest BCUT2D eigenvalue weighted by molar-refractivity contribution is 4.99. The molecule has 0 amide bonds. The Morgan fingerprint density at radius 2 is 2.22 bits per heavy atom. The molecule has 2 aliphatic rings. The first-order valence-electron chi connectivity index (χ1n) is 8.32. The third kappa shape index (κ3) is 3.28. The summed E-state index contributed by atoms with van der Waals surface area (Å²) in [7, 11) is 0. The highest BCUT2D eigenvalue weighted by atomic mass is 16.5. The van der Waals surface area contributed by atoms with Gasteiger partial charge in [0.15, 0.2) is 5.82 Å². The number of aromatic nitrogens is 5. The van der Waals surface area contributed by atoms with Crippen LogP contribution >= 0.6 is 0 Å². The average molecular weight is 318 g/mol. The SMILES string of the molecule is OC1(Cn2ccnn2)CCN(Cc2nc(C3CCCC3)no2)C1. The molecule has 1 aliphatic heterocycles. The first-order valence-corrected chi connectivity index (χ1v) is 8.32. The van der Waals surface area contributed by atoms with Crippen molar-refractivity contribution in [1.82, 2.24) is 30.0 Å². The largest absolute Gasteiger partial charge is 0.387 e. The minimum atomic E-state index is -0.776. The second-order valence-corrected chi connectivity index (χ2v) is 6.81.